The lowest BCUT2D eigenvalue weighted by molar-refractivity contribution is 0.192. The van der Waals surface area contributed by atoms with E-state index in [0.717, 1.165) is 10.0 Å². The number of nitrogens with zero attached hydrogens (tertiary/aromatic N) is 3. The first-order valence-corrected chi connectivity index (χ1v) is 8.46. The summed E-state index contributed by atoms with van der Waals surface area (Å²) in [5, 5.41) is 10.1. The van der Waals surface area contributed by atoms with Crippen LogP contribution in [0, 0.1) is 6.92 Å². The molecule has 1 aliphatic rings. The van der Waals surface area contributed by atoms with Gasteiger partial charge in [0.25, 0.3) is 0 Å². The molecule has 1 aromatic rings. The Balaban J connectivity index is 2.17. The fraction of sp³-hybridized carbons (Fsp3) is 0.818. The summed E-state index contributed by atoms with van der Waals surface area (Å²) in [6.07, 6.45) is 0. The lowest BCUT2D eigenvalue weighted by atomic mass is 10.1. The predicted octanol–water partition coefficient (Wildman–Crippen LogP) is 1.42. The van der Waals surface area contributed by atoms with Crippen LogP contribution in [-0.2, 0) is 9.84 Å². The van der Waals surface area contributed by atoms with Crippen molar-refractivity contribution in [1.29, 1.82) is 0 Å². The van der Waals surface area contributed by atoms with Crippen LogP contribution < -0.4 is 0 Å². The van der Waals surface area contributed by atoms with Crippen molar-refractivity contribution in [3.05, 3.63) is 10.0 Å². The van der Waals surface area contributed by atoms with Crippen molar-refractivity contribution < 1.29 is 8.42 Å². The van der Waals surface area contributed by atoms with Crippen LogP contribution in [0.4, 0.5) is 0 Å². The van der Waals surface area contributed by atoms with Crippen LogP contribution in [0.2, 0.25) is 0 Å². The number of aromatic nitrogens is 2. The first-order valence-electron chi connectivity index (χ1n) is 5.99. The van der Waals surface area contributed by atoms with E-state index in [1.807, 2.05) is 6.92 Å². The third kappa shape index (κ3) is 2.44. The number of rotatable bonds is 2. The summed E-state index contributed by atoms with van der Waals surface area (Å²) in [6.45, 7) is 8.71. The van der Waals surface area contributed by atoms with E-state index in [9.17, 15) is 8.42 Å². The van der Waals surface area contributed by atoms with Gasteiger partial charge in [-0.25, -0.2) is 8.42 Å². The molecule has 1 saturated heterocycles. The number of sulfone groups is 1. The largest absolute Gasteiger partial charge is 0.292 e. The summed E-state index contributed by atoms with van der Waals surface area (Å²) >= 11 is 1.58. The monoisotopic (exact) mass is 289 g/mol. The topological polar surface area (TPSA) is 63.2 Å². The maximum atomic E-state index is 12.0. The summed E-state index contributed by atoms with van der Waals surface area (Å²) in [4.78, 5) is 2.18. The molecule has 0 spiro atoms. The van der Waals surface area contributed by atoms with Gasteiger partial charge < -0.3 is 0 Å². The van der Waals surface area contributed by atoms with Crippen LogP contribution in [0.5, 0.6) is 0 Å². The minimum absolute atomic E-state index is 0.131. The quantitative estimate of drug-likeness (QED) is 0.824. The molecule has 0 radical (unpaired) electrons. The Hall–Kier alpha value is -0.530. The molecule has 1 aliphatic heterocycles. The lowest BCUT2D eigenvalue weighted by Gasteiger charge is -2.39. The summed E-state index contributed by atoms with van der Waals surface area (Å²) in [6, 6.07) is 0.131. The van der Waals surface area contributed by atoms with Crippen molar-refractivity contribution in [2.45, 2.75) is 38.5 Å². The Morgan fingerprint density at radius 1 is 1.39 bits per heavy atom. The number of aryl methyl sites for hydroxylation is 1. The molecule has 102 valence electrons. The molecule has 1 aromatic heterocycles. The molecule has 1 fully saturated rings. The molecule has 1 unspecified atom stereocenters. The summed E-state index contributed by atoms with van der Waals surface area (Å²) in [5.41, 5.74) is 0. The van der Waals surface area contributed by atoms with Crippen molar-refractivity contribution in [1.82, 2.24) is 15.1 Å². The maximum Gasteiger partial charge on any atom is 0.157 e. The second-order valence-corrected chi connectivity index (χ2v) is 9.34. The zero-order valence-corrected chi connectivity index (χ0v) is 12.8. The van der Waals surface area contributed by atoms with E-state index in [4.69, 9.17) is 0 Å². The first-order chi connectivity index (χ1) is 8.23. The second kappa shape index (κ2) is 4.54. The molecule has 0 amide bonds. The van der Waals surface area contributed by atoms with Crippen LogP contribution in [0.1, 0.15) is 36.8 Å². The highest BCUT2D eigenvalue weighted by Gasteiger charge is 2.41. The van der Waals surface area contributed by atoms with Gasteiger partial charge in [-0.2, -0.15) is 0 Å². The fourth-order valence-corrected chi connectivity index (χ4v) is 4.32. The Morgan fingerprint density at radius 2 is 2.06 bits per heavy atom. The fourth-order valence-electron chi connectivity index (χ4n) is 2.15. The normalized spacial score (nSPS) is 24.9. The third-order valence-corrected chi connectivity index (χ3v) is 7.06. The standard InChI is InChI=1S/C11H19N3O2S2/c1-8(10-13-12-9(2)17-10)14-5-6-18(15,16)11(3,4)7-14/h8H,5-7H2,1-4H3. The molecule has 0 saturated carbocycles. The Bertz CT molecular complexity index is 536. The number of hydrogen-bond donors (Lipinski definition) is 0. The highest BCUT2D eigenvalue weighted by molar-refractivity contribution is 7.92. The van der Waals surface area contributed by atoms with Crippen LogP contribution in [0.15, 0.2) is 0 Å². The van der Waals surface area contributed by atoms with E-state index >= 15 is 0 Å². The molecule has 0 aliphatic carbocycles. The van der Waals surface area contributed by atoms with Crippen molar-refractivity contribution in [2.75, 3.05) is 18.8 Å². The molecule has 2 heterocycles. The molecule has 7 heteroatoms. The third-order valence-electron chi connectivity index (χ3n) is 3.52. The Labute approximate surface area is 112 Å². The maximum absolute atomic E-state index is 12.0. The molecular formula is C11H19N3O2S2. The van der Waals surface area contributed by atoms with Gasteiger partial charge >= 0.3 is 0 Å². The zero-order valence-electron chi connectivity index (χ0n) is 11.2. The van der Waals surface area contributed by atoms with E-state index < -0.39 is 14.6 Å². The van der Waals surface area contributed by atoms with Gasteiger partial charge in [0.15, 0.2) is 9.84 Å². The van der Waals surface area contributed by atoms with Gasteiger partial charge in [-0.05, 0) is 27.7 Å². The van der Waals surface area contributed by atoms with Gasteiger partial charge in [-0.1, -0.05) is 0 Å². The minimum atomic E-state index is -2.98. The van der Waals surface area contributed by atoms with Gasteiger partial charge in [-0.3, -0.25) is 4.90 Å². The van der Waals surface area contributed by atoms with Crippen molar-refractivity contribution in [2.24, 2.45) is 0 Å². The highest BCUT2D eigenvalue weighted by Crippen LogP contribution is 2.30. The van der Waals surface area contributed by atoms with E-state index in [1.54, 1.807) is 25.2 Å². The van der Waals surface area contributed by atoms with E-state index in [0.29, 0.717) is 13.1 Å². The molecule has 0 aromatic carbocycles. The molecule has 0 N–H and O–H groups in total. The smallest absolute Gasteiger partial charge is 0.157 e. The molecule has 5 nitrogen and oxygen atoms in total. The van der Waals surface area contributed by atoms with Crippen molar-refractivity contribution in [3.8, 4) is 0 Å². The minimum Gasteiger partial charge on any atom is -0.292 e. The molecule has 1 atom stereocenters. The van der Waals surface area contributed by atoms with Crippen LogP contribution in [0.3, 0.4) is 0 Å². The predicted molar refractivity (Wildman–Crippen MR) is 72.5 cm³/mol. The van der Waals surface area contributed by atoms with Gasteiger partial charge in [0.05, 0.1) is 16.5 Å². The summed E-state index contributed by atoms with van der Waals surface area (Å²) in [7, 11) is -2.98. The highest BCUT2D eigenvalue weighted by atomic mass is 32.2. The van der Waals surface area contributed by atoms with Crippen LogP contribution in [-0.4, -0.2) is 47.1 Å². The van der Waals surface area contributed by atoms with Gasteiger partial charge in [-0.15, -0.1) is 21.5 Å². The van der Waals surface area contributed by atoms with Gasteiger partial charge in [0.1, 0.15) is 10.0 Å². The van der Waals surface area contributed by atoms with E-state index in [-0.39, 0.29) is 11.8 Å². The molecule has 0 bridgehead atoms. The second-order valence-electron chi connectivity index (χ2n) is 5.38. The van der Waals surface area contributed by atoms with Crippen LogP contribution in [0.25, 0.3) is 0 Å². The van der Waals surface area contributed by atoms with Gasteiger partial charge in [0, 0.05) is 13.1 Å². The average Bonchev–Trinajstić information content (AvgIpc) is 2.68. The Kier molecular flexibility index (Phi) is 3.50. The van der Waals surface area contributed by atoms with Crippen molar-refractivity contribution >= 4 is 21.2 Å². The molecule has 18 heavy (non-hydrogen) atoms. The van der Waals surface area contributed by atoms with E-state index in [1.165, 1.54) is 0 Å². The molecular weight excluding hydrogens is 270 g/mol. The van der Waals surface area contributed by atoms with Gasteiger partial charge in [0.2, 0.25) is 0 Å². The van der Waals surface area contributed by atoms with Crippen LogP contribution >= 0.6 is 11.3 Å². The summed E-state index contributed by atoms with van der Waals surface area (Å²) in [5.74, 6) is 0.224. The average molecular weight is 289 g/mol. The zero-order chi connectivity index (χ0) is 13.6. The summed E-state index contributed by atoms with van der Waals surface area (Å²) < 4.78 is 23.2. The first kappa shape index (κ1) is 13.9. The Morgan fingerprint density at radius 3 is 2.56 bits per heavy atom. The van der Waals surface area contributed by atoms with E-state index in [2.05, 4.69) is 22.0 Å². The lowest BCUT2D eigenvalue weighted by Crippen LogP contribution is -2.53. The van der Waals surface area contributed by atoms with Crippen molar-refractivity contribution in [3.63, 3.8) is 0 Å². The SMILES string of the molecule is Cc1nnc(C(C)N2CCS(=O)(=O)C(C)(C)C2)s1. The number of hydrogen-bond acceptors (Lipinski definition) is 6. The molecule has 2 rings (SSSR count).